The summed E-state index contributed by atoms with van der Waals surface area (Å²) in [5.41, 5.74) is 0.349. The highest BCUT2D eigenvalue weighted by Gasteiger charge is 2.28. The Balaban J connectivity index is 2.20. The molecule has 0 aromatic rings. The zero-order valence-electron chi connectivity index (χ0n) is 8.11. The van der Waals surface area contributed by atoms with Crippen molar-refractivity contribution in [2.45, 2.75) is 45.6 Å². The van der Waals surface area contributed by atoms with Gasteiger partial charge in [0.1, 0.15) is 0 Å². The Morgan fingerprint density at radius 2 is 2.17 bits per heavy atom. The highest BCUT2D eigenvalue weighted by Crippen LogP contribution is 2.33. The predicted octanol–water partition coefficient (Wildman–Crippen LogP) is 3.21. The van der Waals surface area contributed by atoms with Gasteiger partial charge in [-0.3, -0.25) is 0 Å². The molecule has 0 radical (unpaired) electrons. The summed E-state index contributed by atoms with van der Waals surface area (Å²) < 4.78 is 5.18. The lowest BCUT2D eigenvalue weighted by Crippen LogP contribution is -2.18. The second-order valence-electron chi connectivity index (χ2n) is 4.19. The number of alkyl halides is 1. The molecule has 0 N–H and O–H groups in total. The molecule has 0 aromatic heterocycles. The van der Waals surface area contributed by atoms with Crippen LogP contribution >= 0.6 is 11.6 Å². The minimum Gasteiger partial charge on any atom is -0.373 e. The van der Waals surface area contributed by atoms with Crippen molar-refractivity contribution in [3.8, 4) is 0 Å². The van der Waals surface area contributed by atoms with Crippen molar-refractivity contribution in [3.05, 3.63) is 0 Å². The highest BCUT2D eigenvalue weighted by atomic mass is 35.5. The molecule has 72 valence electrons. The van der Waals surface area contributed by atoms with Crippen molar-refractivity contribution in [2.75, 3.05) is 12.5 Å². The molecule has 0 amide bonds. The molecular formula is C10H19ClO. The van der Waals surface area contributed by atoms with E-state index in [1.807, 2.05) is 0 Å². The van der Waals surface area contributed by atoms with Crippen molar-refractivity contribution in [1.82, 2.24) is 0 Å². The van der Waals surface area contributed by atoms with Crippen molar-refractivity contribution >= 4 is 11.6 Å². The summed E-state index contributed by atoms with van der Waals surface area (Å²) in [5, 5.41) is 0. The third kappa shape index (κ3) is 3.32. The average Bonchev–Trinajstić information content (AvgIpc) is 2.85. The van der Waals surface area contributed by atoms with Gasteiger partial charge in [0.15, 0.2) is 0 Å². The highest BCUT2D eigenvalue weighted by molar-refractivity contribution is 6.18. The lowest BCUT2D eigenvalue weighted by Gasteiger charge is -2.26. The fourth-order valence-electron chi connectivity index (χ4n) is 1.61. The van der Waals surface area contributed by atoms with Gasteiger partial charge in [-0.1, -0.05) is 20.3 Å². The smallest absolute Gasteiger partial charge is 0.0810 e. The van der Waals surface area contributed by atoms with E-state index in [4.69, 9.17) is 16.3 Å². The molecule has 0 aromatic carbocycles. The Kier molecular flexibility index (Phi) is 3.85. The van der Waals surface area contributed by atoms with Crippen LogP contribution < -0.4 is 0 Å². The van der Waals surface area contributed by atoms with E-state index in [9.17, 15) is 0 Å². The van der Waals surface area contributed by atoms with E-state index in [1.54, 1.807) is 0 Å². The number of hydrogen-bond acceptors (Lipinski definition) is 1. The molecule has 0 aliphatic carbocycles. The number of hydrogen-bond donors (Lipinski definition) is 0. The second kappa shape index (κ2) is 4.48. The normalized spacial score (nSPS) is 26.8. The van der Waals surface area contributed by atoms with Gasteiger partial charge in [0, 0.05) is 5.88 Å². The molecule has 0 saturated carbocycles. The van der Waals surface area contributed by atoms with Crippen LogP contribution in [0.25, 0.3) is 0 Å². The molecule has 1 saturated heterocycles. The summed E-state index contributed by atoms with van der Waals surface area (Å²) in [6, 6.07) is 0. The van der Waals surface area contributed by atoms with E-state index in [0.717, 1.165) is 12.5 Å². The lowest BCUT2D eigenvalue weighted by atomic mass is 9.83. The first-order chi connectivity index (χ1) is 5.70. The Bertz CT molecular complexity index is 134. The Morgan fingerprint density at radius 1 is 1.50 bits per heavy atom. The fraction of sp³-hybridized carbons (Fsp3) is 1.00. The van der Waals surface area contributed by atoms with Crippen molar-refractivity contribution in [1.29, 1.82) is 0 Å². The quantitative estimate of drug-likeness (QED) is 0.463. The van der Waals surface area contributed by atoms with E-state index in [1.165, 1.54) is 25.7 Å². The Hall–Kier alpha value is 0.250. The molecule has 1 nitrogen and oxygen atoms in total. The average molecular weight is 191 g/mol. The molecule has 1 rings (SSSR count). The molecule has 1 aliphatic rings. The van der Waals surface area contributed by atoms with Crippen molar-refractivity contribution in [3.63, 3.8) is 0 Å². The standard InChI is InChI=1S/C10H19ClO/c1-3-5-10(2,8-11)6-4-9-7-12-9/h9H,3-8H2,1-2H3. The van der Waals surface area contributed by atoms with Gasteiger partial charge >= 0.3 is 0 Å². The molecule has 12 heavy (non-hydrogen) atoms. The molecule has 0 spiro atoms. The summed E-state index contributed by atoms with van der Waals surface area (Å²) >= 11 is 5.95. The van der Waals surface area contributed by atoms with Crippen molar-refractivity contribution in [2.24, 2.45) is 5.41 Å². The van der Waals surface area contributed by atoms with Gasteiger partial charge in [-0.25, -0.2) is 0 Å². The van der Waals surface area contributed by atoms with Crippen LogP contribution in [0.15, 0.2) is 0 Å². The van der Waals surface area contributed by atoms with Crippen LogP contribution in [0, 0.1) is 5.41 Å². The predicted molar refractivity (Wildman–Crippen MR) is 52.7 cm³/mol. The van der Waals surface area contributed by atoms with Gasteiger partial charge in [-0.15, -0.1) is 11.6 Å². The molecule has 2 heteroatoms. The molecule has 1 aliphatic heterocycles. The second-order valence-corrected chi connectivity index (χ2v) is 4.46. The van der Waals surface area contributed by atoms with Crippen LogP contribution in [0.1, 0.15) is 39.5 Å². The Morgan fingerprint density at radius 3 is 2.58 bits per heavy atom. The summed E-state index contributed by atoms with van der Waals surface area (Å²) in [7, 11) is 0. The molecule has 2 unspecified atom stereocenters. The first-order valence-corrected chi connectivity index (χ1v) is 5.41. The topological polar surface area (TPSA) is 12.5 Å². The summed E-state index contributed by atoms with van der Waals surface area (Å²) in [6.45, 7) is 5.48. The van der Waals surface area contributed by atoms with Gasteiger partial charge in [-0.05, 0) is 24.7 Å². The van der Waals surface area contributed by atoms with E-state index in [0.29, 0.717) is 11.5 Å². The lowest BCUT2D eigenvalue weighted by molar-refractivity contribution is 0.279. The zero-order chi connectivity index (χ0) is 9.03. The third-order valence-electron chi connectivity index (χ3n) is 2.65. The largest absolute Gasteiger partial charge is 0.373 e. The molecule has 1 fully saturated rings. The van der Waals surface area contributed by atoms with Gasteiger partial charge in [-0.2, -0.15) is 0 Å². The van der Waals surface area contributed by atoms with Crippen LogP contribution in [-0.2, 0) is 4.74 Å². The van der Waals surface area contributed by atoms with Gasteiger partial charge in [0.25, 0.3) is 0 Å². The maximum absolute atomic E-state index is 5.95. The van der Waals surface area contributed by atoms with Crippen LogP contribution in [0.3, 0.4) is 0 Å². The van der Waals surface area contributed by atoms with Gasteiger partial charge < -0.3 is 4.74 Å². The van der Waals surface area contributed by atoms with Crippen LogP contribution in [0.2, 0.25) is 0 Å². The summed E-state index contributed by atoms with van der Waals surface area (Å²) in [6.07, 6.45) is 5.44. The summed E-state index contributed by atoms with van der Waals surface area (Å²) in [4.78, 5) is 0. The first-order valence-electron chi connectivity index (χ1n) is 4.88. The van der Waals surface area contributed by atoms with E-state index >= 15 is 0 Å². The molecule has 2 atom stereocenters. The van der Waals surface area contributed by atoms with Crippen molar-refractivity contribution < 1.29 is 4.74 Å². The van der Waals surface area contributed by atoms with E-state index < -0.39 is 0 Å². The third-order valence-corrected chi connectivity index (χ3v) is 3.29. The molecular weight excluding hydrogens is 172 g/mol. The SMILES string of the molecule is CCCC(C)(CCl)CCC1CO1. The minimum atomic E-state index is 0.349. The zero-order valence-corrected chi connectivity index (χ0v) is 8.86. The molecule has 1 heterocycles. The minimum absolute atomic E-state index is 0.349. The van der Waals surface area contributed by atoms with Crippen LogP contribution in [0.5, 0.6) is 0 Å². The van der Waals surface area contributed by atoms with E-state index in [2.05, 4.69) is 13.8 Å². The van der Waals surface area contributed by atoms with Crippen LogP contribution in [-0.4, -0.2) is 18.6 Å². The number of halogens is 1. The van der Waals surface area contributed by atoms with Gasteiger partial charge in [0.05, 0.1) is 12.7 Å². The monoisotopic (exact) mass is 190 g/mol. The fourth-order valence-corrected chi connectivity index (χ4v) is 1.87. The number of ether oxygens (including phenoxy) is 1. The first kappa shape index (κ1) is 10.3. The van der Waals surface area contributed by atoms with Crippen LogP contribution in [0.4, 0.5) is 0 Å². The Labute approximate surface area is 80.4 Å². The number of rotatable bonds is 6. The maximum atomic E-state index is 5.95. The van der Waals surface area contributed by atoms with Gasteiger partial charge in [0.2, 0.25) is 0 Å². The maximum Gasteiger partial charge on any atom is 0.0810 e. The van der Waals surface area contributed by atoms with E-state index in [-0.39, 0.29) is 0 Å². The molecule has 0 bridgehead atoms. The summed E-state index contributed by atoms with van der Waals surface area (Å²) in [5.74, 6) is 0.785. The number of epoxide rings is 1.